The van der Waals surface area contributed by atoms with Crippen molar-refractivity contribution in [3.63, 3.8) is 0 Å². The van der Waals surface area contributed by atoms with Gasteiger partial charge in [0.1, 0.15) is 17.5 Å². The van der Waals surface area contributed by atoms with Gasteiger partial charge in [-0.1, -0.05) is 30.3 Å². The second-order valence-corrected chi connectivity index (χ2v) is 4.90. The van der Waals surface area contributed by atoms with Crippen molar-refractivity contribution in [2.75, 3.05) is 6.61 Å². The van der Waals surface area contributed by atoms with Crippen molar-refractivity contribution in [3.8, 4) is 11.5 Å². The first kappa shape index (κ1) is 17.0. The highest BCUT2D eigenvalue weighted by Crippen LogP contribution is 2.35. The predicted molar refractivity (Wildman–Crippen MR) is 82.4 cm³/mol. The summed E-state index contributed by atoms with van der Waals surface area (Å²) in [7, 11) is 0. The van der Waals surface area contributed by atoms with Gasteiger partial charge in [0.05, 0.1) is 0 Å². The zero-order chi connectivity index (χ0) is 15.6. The van der Waals surface area contributed by atoms with Gasteiger partial charge in [-0.05, 0) is 29.8 Å². The van der Waals surface area contributed by atoms with E-state index in [4.69, 9.17) is 4.74 Å². The number of halogens is 3. The second-order valence-electron chi connectivity index (χ2n) is 4.90. The Hall–Kier alpha value is -2.34. The van der Waals surface area contributed by atoms with Crippen LogP contribution in [0.1, 0.15) is 11.6 Å². The monoisotopic (exact) mass is 341 g/mol. The summed E-state index contributed by atoms with van der Waals surface area (Å²) in [6, 6.07) is 13.9. The van der Waals surface area contributed by atoms with Crippen LogP contribution in [0.2, 0.25) is 0 Å². The van der Waals surface area contributed by atoms with Gasteiger partial charge in [-0.15, -0.1) is 12.4 Å². The van der Waals surface area contributed by atoms with E-state index in [0.29, 0.717) is 17.1 Å². The molecule has 0 radical (unpaired) electrons. The molecule has 1 heterocycles. The van der Waals surface area contributed by atoms with Crippen molar-refractivity contribution in [2.24, 2.45) is 0 Å². The van der Waals surface area contributed by atoms with Crippen molar-refractivity contribution in [2.45, 2.75) is 12.0 Å². The summed E-state index contributed by atoms with van der Waals surface area (Å²) in [5, 5.41) is 2.14. The molecule has 1 amide bonds. The molecule has 122 valence electrons. The molecular formula is C16H14ClF2NO3. The summed E-state index contributed by atoms with van der Waals surface area (Å²) in [6.45, 7) is -0.925. The number of cyclic esters (lactones) is 1. The number of amides is 1. The van der Waals surface area contributed by atoms with Gasteiger partial charge in [0, 0.05) is 0 Å². The van der Waals surface area contributed by atoms with E-state index in [9.17, 15) is 13.6 Å². The number of hydrogen-bond acceptors (Lipinski definition) is 3. The van der Waals surface area contributed by atoms with Gasteiger partial charge in [-0.2, -0.15) is 0 Å². The molecule has 2 aromatic rings. The molecule has 0 aromatic heterocycles. The summed E-state index contributed by atoms with van der Waals surface area (Å²) in [6.07, 6.45) is -0.847. The van der Waals surface area contributed by atoms with E-state index >= 15 is 0 Å². The lowest BCUT2D eigenvalue weighted by atomic mass is 10.00. The van der Waals surface area contributed by atoms with Crippen molar-refractivity contribution in [1.29, 1.82) is 0 Å². The number of carbonyl (C=O) groups excluding carboxylic acids is 1. The fourth-order valence-corrected chi connectivity index (χ4v) is 2.19. The molecule has 0 bridgehead atoms. The molecule has 0 aliphatic carbocycles. The van der Waals surface area contributed by atoms with E-state index in [2.05, 4.69) is 10.1 Å². The van der Waals surface area contributed by atoms with Gasteiger partial charge in [0.2, 0.25) is 0 Å². The molecule has 7 heteroatoms. The third-order valence-corrected chi connectivity index (χ3v) is 3.27. The smallest absolute Gasteiger partial charge is 0.408 e. The molecule has 1 aliphatic rings. The van der Waals surface area contributed by atoms with Gasteiger partial charge in [-0.25, -0.2) is 13.6 Å². The Kier molecular flexibility index (Phi) is 5.05. The van der Waals surface area contributed by atoms with E-state index < -0.39 is 24.7 Å². The zero-order valence-electron chi connectivity index (χ0n) is 11.9. The Morgan fingerprint density at radius 2 is 1.65 bits per heavy atom. The van der Waals surface area contributed by atoms with E-state index in [1.807, 2.05) is 18.2 Å². The number of carbonyl (C=O) groups is 1. The van der Waals surface area contributed by atoms with Gasteiger partial charge in [-0.3, -0.25) is 0 Å². The van der Waals surface area contributed by atoms with Crippen LogP contribution in [-0.4, -0.2) is 18.6 Å². The summed E-state index contributed by atoms with van der Waals surface area (Å²) in [4.78, 5) is 11.2. The lowest BCUT2D eigenvalue weighted by molar-refractivity contribution is -0.104. The molecule has 0 spiro atoms. The number of alkyl halides is 2. The number of hydrogen-bond donors (Lipinski definition) is 1. The SMILES string of the molecule is Cl.O=C1N[C@@H](c2ccc(Oc3ccccc3)cc2)C(F)(F)CO1. The lowest BCUT2D eigenvalue weighted by Gasteiger charge is -2.31. The molecule has 0 unspecified atom stereocenters. The number of nitrogens with one attached hydrogen (secondary N) is 1. The van der Waals surface area contributed by atoms with Crippen LogP contribution in [0.25, 0.3) is 0 Å². The first-order valence-electron chi connectivity index (χ1n) is 6.68. The lowest BCUT2D eigenvalue weighted by Crippen LogP contribution is -2.49. The number of benzene rings is 2. The van der Waals surface area contributed by atoms with Crippen molar-refractivity contribution in [1.82, 2.24) is 5.32 Å². The Bertz CT molecular complexity index is 665. The van der Waals surface area contributed by atoms with Crippen molar-refractivity contribution >= 4 is 18.5 Å². The molecule has 1 N–H and O–H groups in total. The minimum Gasteiger partial charge on any atom is -0.457 e. The predicted octanol–water partition coefficient (Wildman–Crippen LogP) is 4.32. The number of para-hydroxylation sites is 1. The molecule has 23 heavy (non-hydrogen) atoms. The van der Waals surface area contributed by atoms with E-state index in [0.717, 1.165) is 0 Å². The summed E-state index contributed by atoms with van der Waals surface area (Å²) in [5.74, 6) is -1.98. The molecular weight excluding hydrogens is 328 g/mol. The topological polar surface area (TPSA) is 47.6 Å². The van der Waals surface area contributed by atoms with Crippen LogP contribution in [0.5, 0.6) is 11.5 Å². The first-order chi connectivity index (χ1) is 10.5. The molecule has 0 saturated carbocycles. The summed E-state index contributed by atoms with van der Waals surface area (Å²) >= 11 is 0. The van der Waals surface area contributed by atoms with Gasteiger partial charge in [0.15, 0.2) is 6.61 Å². The number of alkyl carbamates (subject to hydrolysis) is 1. The average molecular weight is 342 g/mol. The van der Waals surface area contributed by atoms with Crippen LogP contribution in [0.3, 0.4) is 0 Å². The van der Waals surface area contributed by atoms with Crippen LogP contribution in [0.15, 0.2) is 54.6 Å². The quantitative estimate of drug-likeness (QED) is 0.904. The van der Waals surface area contributed by atoms with E-state index in [-0.39, 0.29) is 12.4 Å². The minimum atomic E-state index is -3.16. The highest BCUT2D eigenvalue weighted by molar-refractivity contribution is 5.85. The van der Waals surface area contributed by atoms with Crippen LogP contribution in [0, 0.1) is 0 Å². The highest BCUT2D eigenvalue weighted by atomic mass is 35.5. The van der Waals surface area contributed by atoms with Crippen LogP contribution in [-0.2, 0) is 4.74 Å². The zero-order valence-corrected chi connectivity index (χ0v) is 12.7. The molecule has 2 aromatic carbocycles. The normalized spacial score (nSPS) is 19.0. The molecule has 1 aliphatic heterocycles. The number of rotatable bonds is 3. The second kappa shape index (κ2) is 6.83. The Balaban J connectivity index is 0.00000192. The average Bonchev–Trinajstić information content (AvgIpc) is 2.52. The third-order valence-electron chi connectivity index (χ3n) is 3.27. The van der Waals surface area contributed by atoms with Crippen LogP contribution in [0.4, 0.5) is 13.6 Å². The van der Waals surface area contributed by atoms with Crippen LogP contribution >= 0.6 is 12.4 Å². The van der Waals surface area contributed by atoms with Crippen molar-refractivity contribution < 1.29 is 23.0 Å². The highest BCUT2D eigenvalue weighted by Gasteiger charge is 2.46. The maximum Gasteiger partial charge on any atom is 0.408 e. The molecule has 3 rings (SSSR count). The molecule has 1 saturated heterocycles. The molecule has 4 nitrogen and oxygen atoms in total. The largest absolute Gasteiger partial charge is 0.457 e. The van der Waals surface area contributed by atoms with E-state index in [1.165, 1.54) is 12.1 Å². The third kappa shape index (κ3) is 3.90. The van der Waals surface area contributed by atoms with Crippen molar-refractivity contribution in [3.05, 3.63) is 60.2 Å². The standard InChI is InChI=1S/C16H13F2NO3.ClH/c17-16(18)10-21-15(20)19-14(16)11-6-8-13(9-7-11)22-12-4-2-1-3-5-12;/h1-9,14H,10H2,(H,19,20);1H/t14-;/m0./s1. The Morgan fingerprint density at radius 3 is 2.30 bits per heavy atom. The number of ether oxygens (including phenoxy) is 2. The summed E-state index contributed by atoms with van der Waals surface area (Å²) < 4.78 is 37.5. The Morgan fingerprint density at radius 1 is 1.04 bits per heavy atom. The Labute approximate surface area is 137 Å². The van der Waals surface area contributed by atoms with Gasteiger partial charge in [0.25, 0.3) is 0 Å². The molecule has 1 atom stereocenters. The fourth-order valence-electron chi connectivity index (χ4n) is 2.19. The first-order valence-corrected chi connectivity index (χ1v) is 6.68. The minimum absolute atomic E-state index is 0. The maximum absolute atomic E-state index is 13.8. The summed E-state index contributed by atoms with van der Waals surface area (Å²) in [5.41, 5.74) is 0.294. The van der Waals surface area contributed by atoms with Crippen LogP contribution < -0.4 is 10.1 Å². The van der Waals surface area contributed by atoms with E-state index in [1.54, 1.807) is 24.3 Å². The molecule has 1 fully saturated rings. The fraction of sp³-hybridized carbons (Fsp3) is 0.188. The van der Waals surface area contributed by atoms with Gasteiger partial charge >= 0.3 is 12.0 Å². The maximum atomic E-state index is 13.8. The van der Waals surface area contributed by atoms with Gasteiger partial charge < -0.3 is 14.8 Å².